The Bertz CT molecular complexity index is 919. The lowest BCUT2D eigenvalue weighted by Crippen LogP contribution is -2.14. The van der Waals surface area contributed by atoms with Crippen LogP contribution in [0.25, 0.3) is 11.6 Å². The summed E-state index contributed by atoms with van der Waals surface area (Å²) >= 11 is 1.31. The van der Waals surface area contributed by atoms with Crippen LogP contribution >= 0.6 is 11.8 Å². The average Bonchev–Trinajstić information content (AvgIpc) is 3.30. The van der Waals surface area contributed by atoms with E-state index in [-0.39, 0.29) is 17.6 Å². The second-order valence-electron chi connectivity index (χ2n) is 5.62. The Hall–Kier alpha value is -3.07. The highest BCUT2D eigenvalue weighted by Crippen LogP contribution is 2.24. The molecule has 0 unspecified atom stereocenters. The Morgan fingerprint density at radius 3 is 2.41 bits per heavy atom. The maximum absolute atomic E-state index is 12.2. The molecule has 140 valence electrons. The van der Waals surface area contributed by atoms with Crippen LogP contribution in [0.4, 0.5) is 11.4 Å². The van der Waals surface area contributed by atoms with Gasteiger partial charge in [0, 0.05) is 24.8 Å². The van der Waals surface area contributed by atoms with Crippen molar-refractivity contribution in [2.75, 3.05) is 16.4 Å². The van der Waals surface area contributed by atoms with Gasteiger partial charge >= 0.3 is 0 Å². The number of rotatable bonds is 7. The molecule has 0 atom stereocenters. The molecular formula is C18H19N5O3S. The molecule has 3 aromatic rings. The Labute approximate surface area is 160 Å². The summed E-state index contributed by atoms with van der Waals surface area (Å²) in [4.78, 5) is 23.2. The van der Waals surface area contributed by atoms with E-state index in [1.54, 1.807) is 36.6 Å². The fourth-order valence-corrected chi connectivity index (χ4v) is 3.24. The van der Waals surface area contributed by atoms with Gasteiger partial charge in [0.15, 0.2) is 16.7 Å². The number of hydrogen-bond donors (Lipinski definition) is 2. The average molecular weight is 385 g/mol. The van der Waals surface area contributed by atoms with Gasteiger partial charge in [-0.15, -0.1) is 10.2 Å². The molecule has 2 N–H and O–H groups in total. The maximum atomic E-state index is 12.2. The maximum Gasteiger partial charge on any atom is 0.234 e. The Kier molecular flexibility index (Phi) is 5.92. The lowest BCUT2D eigenvalue weighted by Gasteiger charge is -2.08. The van der Waals surface area contributed by atoms with Crippen LogP contribution < -0.4 is 10.6 Å². The van der Waals surface area contributed by atoms with Gasteiger partial charge in [-0.05, 0) is 43.3 Å². The highest BCUT2D eigenvalue weighted by molar-refractivity contribution is 7.99. The summed E-state index contributed by atoms with van der Waals surface area (Å²) in [7, 11) is 0. The largest absolute Gasteiger partial charge is 0.461 e. The minimum Gasteiger partial charge on any atom is -0.461 e. The van der Waals surface area contributed by atoms with Crippen LogP contribution in [-0.2, 0) is 16.1 Å². The van der Waals surface area contributed by atoms with Gasteiger partial charge in [-0.25, -0.2) is 0 Å². The normalized spacial score (nSPS) is 10.6. The molecule has 1 aromatic carbocycles. The molecule has 2 aromatic heterocycles. The quantitative estimate of drug-likeness (QED) is 0.605. The third-order valence-corrected chi connectivity index (χ3v) is 4.56. The number of benzene rings is 1. The highest BCUT2D eigenvalue weighted by Gasteiger charge is 2.16. The molecule has 3 rings (SSSR count). The van der Waals surface area contributed by atoms with Gasteiger partial charge in [0.25, 0.3) is 0 Å². The molecule has 0 bridgehead atoms. The first-order chi connectivity index (χ1) is 13.1. The van der Waals surface area contributed by atoms with E-state index < -0.39 is 0 Å². The molecule has 0 saturated heterocycles. The van der Waals surface area contributed by atoms with Crippen LogP contribution in [0.3, 0.4) is 0 Å². The summed E-state index contributed by atoms with van der Waals surface area (Å²) in [5, 5.41) is 14.5. The molecular weight excluding hydrogens is 366 g/mol. The summed E-state index contributed by atoms with van der Waals surface area (Å²) in [5.41, 5.74) is 1.33. The van der Waals surface area contributed by atoms with Crippen molar-refractivity contribution in [2.45, 2.75) is 25.5 Å². The number of carbonyl (C=O) groups excluding carboxylic acids is 2. The fraction of sp³-hybridized carbons (Fsp3) is 0.222. The van der Waals surface area contributed by atoms with Gasteiger partial charge in [0.2, 0.25) is 11.8 Å². The fourth-order valence-electron chi connectivity index (χ4n) is 2.44. The van der Waals surface area contributed by atoms with Gasteiger partial charge in [-0.2, -0.15) is 0 Å². The van der Waals surface area contributed by atoms with Gasteiger partial charge in [0.05, 0.1) is 12.0 Å². The molecule has 27 heavy (non-hydrogen) atoms. The Balaban J connectivity index is 1.59. The first-order valence-electron chi connectivity index (χ1n) is 8.34. The van der Waals surface area contributed by atoms with Crippen LogP contribution in [0.5, 0.6) is 0 Å². The lowest BCUT2D eigenvalue weighted by atomic mass is 10.3. The molecule has 0 saturated carbocycles. The number of carbonyl (C=O) groups is 2. The van der Waals surface area contributed by atoms with E-state index in [0.29, 0.717) is 34.7 Å². The standard InChI is InChI=1S/C18H19N5O3S/c1-3-23-17(15-5-4-10-26-15)21-22-18(23)27-11-16(25)20-14-8-6-13(7-9-14)19-12(2)24/h4-10H,3,11H2,1-2H3,(H,19,24)(H,20,25). The molecule has 0 aliphatic heterocycles. The first-order valence-corrected chi connectivity index (χ1v) is 9.32. The number of hydrogen-bond acceptors (Lipinski definition) is 6. The van der Waals surface area contributed by atoms with E-state index in [1.165, 1.54) is 18.7 Å². The van der Waals surface area contributed by atoms with Crippen LogP contribution in [0.15, 0.2) is 52.2 Å². The predicted molar refractivity (Wildman–Crippen MR) is 103 cm³/mol. The molecule has 9 heteroatoms. The number of thioether (sulfide) groups is 1. The van der Waals surface area contributed by atoms with Gasteiger partial charge in [-0.1, -0.05) is 11.8 Å². The van der Waals surface area contributed by atoms with E-state index in [9.17, 15) is 9.59 Å². The first kappa shape index (κ1) is 18.7. The number of anilines is 2. The van der Waals surface area contributed by atoms with Crippen molar-refractivity contribution in [1.29, 1.82) is 0 Å². The smallest absolute Gasteiger partial charge is 0.234 e. The monoisotopic (exact) mass is 385 g/mol. The number of aromatic nitrogens is 3. The van der Waals surface area contributed by atoms with Crippen molar-refractivity contribution < 1.29 is 14.0 Å². The van der Waals surface area contributed by atoms with Crippen LogP contribution in [-0.4, -0.2) is 32.3 Å². The summed E-state index contributed by atoms with van der Waals surface area (Å²) in [6.07, 6.45) is 1.58. The van der Waals surface area contributed by atoms with Gasteiger partial charge in [-0.3, -0.25) is 14.2 Å². The zero-order valence-corrected chi connectivity index (χ0v) is 15.7. The van der Waals surface area contributed by atoms with E-state index >= 15 is 0 Å². The predicted octanol–water partition coefficient (Wildman–Crippen LogP) is 3.25. The number of nitrogens with zero attached hydrogens (tertiary/aromatic N) is 3. The minimum atomic E-state index is -0.155. The second kappa shape index (κ2) is 8.54. The molecule has 0 fully saturated rings. The highest BCUT2D eigenvalue weighted by atomic mass is 32.2. The third kappa shape index (κ3) is 4.76. The van der Waals surface area contributed by atoms with Crippen molar-refractivity contribution in [1.82, 2.24) is 14.8 Å². The molecule has 0 radical (unpaired) electrons. The minimum absolute atomic E-state index is 0.142. The number of nitrogens with one attached hydrogen (secondary N) is 2. The molecule has 2 heterocycles. The van der Waals surface area contributed by atoms with E-state index in [1.807, 2.05) is 17.6 Å². The topological polar surface area (TPSA) is 102 Å². The van der Waals surface area contributed by atoms with Crippen molar-refractivity contribution in [3.8, 4) is 11.6 Å². The zero-order chi connectivity index (χ0) is 19.2. The number of amides is 2. The van der Waals surface area contributed by atoms with Crippen molar-refractivity contribution in [3.63, 3.8) is 0 Å². The van der Waals surface area contributed by atoms with E-state index in [4.69, 9.17) is 4.42 Å². The summed E-state index contributed by atoms with van der Waals surface area (Å²) in [6.45, 7) is 4.09. The Morgan fingerprint density at radius 2 is 1.81 bits per heavy atom. The molecule has 8 nitrogen and oxygen atoms in total. The van der Waals surface area contributed by atoms with E-state index in [0.717, 1.165) is 0 Å². The summed E-state index contributed by atoms with van der Waals surface area (Å²) in [6, 6.07) is 10.5. The van der Waals surface area contributed by atoms with Crippen LogP contribution in [0, 0.1) is 0 Å². The molecule has 0 aliphatic carbocycles. The van der Waals surface area contributed by atoms with Crippen molar-refractivity contribution in [2.24, 2.45) is 0 Å². The van der Waals surface area contributed by atoms with Gasteiger partial charge in [0.1, 0.15) is 0 Å². The Morgan fingerprint density at radius 1 is 1.11 bits per heavy atom. The number of furan rings is 1. The van der Waals surface area contributed by atoms with E-state index in [2.05, 4.69) is 20.8 Å². The SMILES string of the molecule is CCn1c(SCC(=O)Nc2ccc(NC(C)=O)cc2)nnc1-c1ccco1. The van der Waals surface area contributed by atoms with Crippen LogP contribution in [0.2, 0.25) is 0 Å². The third-order valence-electron chi connectivity index (χ3n) is 3.60. The van der Waals surface area contributed by atoms with Crippen LogP contribution in [0.1, 0.15) is 13.8 Å². The van der Waals surface area contributed by atoms with Crippen molar-refractivity contribution in [3.05, 3.63) is 42.7 Å². The van der Waals surface area contributed by atoms with Crippen molar-refractivity contribution >= 4 is 35.0 Å². The molecule has 2 amide bonds. The lowest BCUT2D eigenvalue weighted by molar-refractivity contribution is -0.114. The van der Waals surface area contributed by atoms with Gasteiger partial charge < -0.3 is 15.1 Å². The summed E-state index contributed by atoms with van der Waals surface area (Å²) < 4.78 is 7.28. The zero-order valence-electron chi connectivity index (χ0n) is 14.9. The molecule has 0 spiro atoms. The second-order valence-corrected chi connectivity index (χ2v) is 6.57. The molecule has 0 aliphatic rings. The summed E-state index contributed by atoms with van der Waals surface area (Å²) in [5.74, 6) is 1.18.